The number of fused-ring (bicyclic) bond motifs is 1. The van der Waals surface area contributed by atoms with E-state index in [4.69, 9.17) is 4.52 Å². The van der Waals surface area contributed by atoms with E-state index in [1.165, 1.54) is 16.8 Å². The van der Waals surface area contributed by atoms with E-state index < -0.39 is 0 Å². The van der Waals surface area contributed by atoms with Crippen molar-refractivity contribution in [2.45, 2.75) is 26.8 Å². The summed E-state index contributed by atoms with van der Waals surface area (Å²) in [7, 11) is 0. The minimum Gasteiger partial charge on any atom is -0.365 e. The Morgan fingerprint density at radius 3 is 2.53 bits per heavy atom. The van der Waals surface area contributed by atoms with Gasteiger partial charge in [0.25, 0.3) is 5.91 Å². The van der Waals surface area contributed by atoms with Crippen LogP contribution in [0.25, 0.3) is 22.2 Å². The standard InChI is InChI=1S/C27H27N3O2/c1-18-7-9-21(10-8-18)26-24-16-22(11-12-25(24)28-32-26)27(31)29-13-14-30(20(3)17-29)23-6-4-5-19(2)15-23/h4-12,15-16,20H,13-14,17H2,1-3H3. The van der Waals surface area contributed by atoms with Gasteiger partial charge in [0.1, 0.15) is 5.52 Å². The summed E-state index contributed by atoms with van der Waals surface area (Å²) in [6.07, 6.45) is 0. The van der Waals surface area contributed by atoms with Gasteiger partial charge < -0.3 is 14.3 Å². The molecule has 5 nitrogen and oxygen atoms in total. The van der Waals surface area contributed by atoms with Gasteiger partial charge in [0.15, 0.2) is 5.76 Å². The zero-order valence-corrected chi connectivity index (χ0v) is 18.7. The van der Waals surface area contributed by atoms with E-state index in [1.807, 2.05) is 47.4 Å². The van der Waals surface area contributed by atoms with Crippen LogP contribution in [0.15, 0.2) is 71.3 Å². The topological polar surface area (TPSA) is 49.6 Å². The zero-order valence-electron chi connectivity index (χ0n) is 18.7. The summed E-state index contributed by atoms with van der Waals surface area (Å²) in [5.74, 6) is 0.756. The molecular weight excluding hydrogens is 398 g/mol. The van der Waals surface area contributed by atoms with Crippen LogP contribution in [-0.4, -0.2) is 41.6 Å². The molecule has 1 saturated heterocycles. The maximum absolute atomic E-state index is 13.4. The van der Waals surface area contributed by atoms with E-state index in [-0.39, 0.29) is 11.9 Å². The first kappa shape index (κ1) is 20.3. The number of hydrogen-bond acceptors (Lipinski definition) is 4. The number of aromatic nitrogens is 1. The molecule has 3 aromatic carbocycles. The quantitative estimate of drug-likeness (QED) is 0.437. The number of amides is 1. The van der Waals surface area contributed by atoms with Crippen molar-refractivity contribution in [3.05, 3.63) is 83.4 Å². The van der Waals surface area contributed by atoms with Crippen LogP contribution in [0, 0.1) is 13.8 Å². The Balaban J connectivity index is 1.38. The van der Waals surface area contributed by atoms with Crippen molar-refractivity contribution < 1.29 is 9.32 Å². The van der Waals surface area contributed by atoms with E-state index >= 15 is 0 Å². The third-order valence-corrected chi connectivity index (χ3v) is 6.29. The molecular formula is C27H27N3O2. The van der Waals surface area contributed by atoms with E-state index in [0.29, 0.717) is 24.4 Å². The third kappa shape index (κ3) is 3.75. The van der Waals surface area contributed by atoms with Crippen LogP contribution in [0.3, 0.4) is 0 Å². The first-order valence-electron chi connectivity index (χ1n) is 11.1. The van der Waals surface area contributed by atoms with Gasteiger partial charge in [-0.1, -0.05) is 47.1 Å². The van der Waals surface area contributed by atoms with Crippen LogP contribution in [0.1, 0.15) is 28.4 Å². The molecule has 4 aromatic rings. The second-order valence-electron chi connectivity index (χ2n) is 8.74. The molecule has 0 aliphatic carbocycles. The van der Waals surface area contributed by atoms with Crippen LogP contribution < -0.4 is 4.90 Å². The van der Waals surface area contributed by atoms with Gasteiger partial charge >= 0.3 is 0 Å². The van der Waals surface area contributed by atoms with Crippen molar-refractivity contribution in [1.82, 2.24) is 10.1 Å². The average molecular weight is 426 g/mol. The Morgan fingerprint density at radius 1 is 0.969 bits per heavy atom. The van der Waals surface area contributed by atoms with Gasteiger partial charge in [0, 0.05) is 42.5 Å². The molecule has 1 aliphatic heterocycles. The average Bonchev–Trinajstić information content (AvgIpc) is 3.22. The molecule has 2 heterocycles. The van der Waals surface area contributed by atoms with Gasteiger partial charge in [-0.15, -0.1) is 0 Å². The largest absolute Gasteiger partial charge is 0.365 e. The van der Waals surface area contributed by atoms with Crippen molar-refractivity contribution in [2.24, 2.45) is 0 Å². The van der Waals surface area contributed by atoms with E-state index in [1.54, 1.807) is 0 Å². The summed E-state index contributed by atoms with van der Waals surface area (Å²) >= 11 is 0. The van der Waals surface area contributed by atoms with Crippen LogP contribution in [0.5, 0.6) is 0 Å². The molecule has 1 unspecified atom stereocenters. The normalized spacial score (nSPS) is 16.5. The second kappa shape index (κ2) is 8.15. The number of hydrogen-bond donors (Lipinski definition) is 0. The van der Waals surface area contributed by atoms with Crippen LogP contribution in [0.2, 0.25) is 0 Å². The Kier molecular flexibility index (Phi) is 5.17. The lowest BCUT2D eigenvalue weighted by molar-refractivity contribution is 0.0726. The number of benzene rings is 3. The summed E-state index contributed by atoms with van der Waals surface area (Å²) in [6.45, 7) is 8.56. The van der Waals surface area contributed by atoms with E-state index in [9.17, 15) is 4.79 Å². The van der Waals surface area contributed by atoms with Crippen molar-refractivity contribution in [3.63, 3.8) is 0 Å². The lowest BCUT2D eigenvalue weighted by atomic mass is 10.0. The maximum atomic E-state index is 13.4. The molecule has 5 rings (SSSR count). The fraction of sp³-hybridized carbons (Fsp3) is 0.259. The molecule has 0 bridgehead atoms. The minimum atomic E-state index is 0.0544. The highest BCUT2D eigenvalue weighted by atomic mass is 16.5. The second-order valence-corrected chi connectivity index (χ2v) is 8.74. The highest BCUT2D eigenvalue weighted by Gasteiger charge is 2.28. The number of aryl methyl sites for hydroxylation is 2. The van der Waals surface area contributed by atoms with Gasteiger partial charge in [-0.05, 0) is 56.7 Å². The molecule has 0 N–H and O–H groups in total. The Hall–Kier alpha value is -3.60. The molecule has 5 heteroatoms. The van der Waals surface area contributed by atoms with Crippen LogP contribution >= 0.6 is 0 Å². The molecule has 32 heavy (non-hydrogen) atoms. The molecule has 1 atom stereocenters. The van der Waals surface area contributed by atoms with Crippen molar-refractivity contribution in [1.29, 1.82) is 0 Å². The zero-order chi connectivity index (χ0) is 22.2. The smallest absolute Gasteiger partial charge is 0.254 e. The molecule has 1 aliphatic rings. The lowest BCUT2D eigenvalue weighted by Gasteiger charge is -2.41. The van der Waals surface area contributed by atoms with Crippen molar-refractivity contribution in [3.8, 4) is 11.3 Å². The first-order valence-corrected chi connectivity index (χ1v) is 11.1. The number of nitrogens with zero attached hydrogens (tertiary/aromatic N) is 3. The molecule has 0 spiro atoms. The summed E-state index contributed by atoms with van der Waals surface area (Å²) in [5.41, 5.74) is 6.05. The van der Waals surface area contributed by atoms with Gasteiger partial charge in [0.2, 0.25) is 0 Å². The predicted molar refractivity (Wildman–Crippen MR) is 128 cm³/mol. The number of rotatable bonds is 3. The van der Waals surface area contributed by atoms with E-state index in [0.717, 1.165) is 23.0 Å². The third-order valence-electron chi connectivity index (χ3n) is 6.29. The number of carbonyl (C=O) groups excluding carboxylic acids is 1. The molecule has 162 valence electrons. The van der Waals surface area contributed by atoms with Gasteiger partial charge in [-0.25, -0.2) is 0 Å². The van der Waals surface area contributed by atoms with Crippen LogP contribution in [0.4, 0.5) is 5.69 Å². The number of anilines is 1. The first-order chi connectivity index (χ1) is 15.5. The SMILES string of the molecule is Cc1ccc(-c2onc3ccc(C(=O)N4CCN(c5cccc(C)c5)C(C)C4)cc23)cc1. The molecule has 1 aromatic heterocycles. The molecule has 0 saturated carbocycles. The highest BCUT2D eigenvalue weighted by Crippen LogP contribution is 2.30. The maximum Gasteiger partial charge on any atom is 0.254 e. The fourth-order valence-corrected chi connectivity index (χ4v) is 4.50. The monoisotopic (exact) mass is 425 g/mol. The van der Waals surface area contributed by atoms with Crippen LogP contribution in [-0.2, 0) is 0 Å². The van der Waals surface area contributed by atoms with Gasteiger partial charge in [-0.2, -0.15) is 0 Å². The summed E-state index contributed by atoms with van der Waals surface area (Å²) < 4.78 is 5.63. The number of carbonyl (C=O) groups is 1. The Bertz CT molecular complexity index is 1280. The van der Waals surface area contributed by atoms with Gasteiger partial charge in [-0.3, -0.25) is 4.79 Å². The Morgan fingerprint density at radius 2 is 1.78 bits per heavy atom. The van der Waals surface area contributed by atoms with Gasteiger partial charge in [0.05, 0.1) is 5.39 Å². The summed E-state index contributed by atoms with van der Waals surface area (Å²) in [5, 5.41) is 5.05. The van der Waals surface area contributed by atoms with Crippen molar-refractivity contribution >= 4 is 22.5 Å². The number of piperazine rings is 1. The highest BCUT2D eigenvalue weighted by molar-refractivity contribution is 6.01. The summed E-state index contributed by atoms with van der Waals surface area (Å²) in [4.78, 5) is 17.7. The Labute approximate surface area is 188 Å². The van der Waals surface area contributed by atoms with E-state index in [2.05, 4.69) is 55.1 Å². The fourth-order valence-electron chi connectivity index (χ4n) is 4.50. The molecule has 1 amide bonds. The predicted octanol–water partition coefficient (Wildman–Crippen LogP) is 5.46. The lowest BCUT2D eigenvalue weighted by Crippen LogP contribution is -2.53. The van der Waals surface area contributed by atoms with Crippen molar-refractivity contribution in [2.75, 3.05) is 24.5 Å². The molecule has 0 radical (unpaired) electrons. The minimum absolute atomic E-state index is 0.0544. The summed E-state index contributed by atoms with van der Waals surface area (Å²) in [6, 6.07) is 22.6. The molecule has 1 fully saturated rings.